The first-order valence-corrected chi connectivity index (χ1v) is 8.26. The number of esters is 1. The molecule has 0 heterocycles. The van der Waals surface area contributed by atoms with E-state index in [1.165, 1.54) is 39.1 Å². The summed E-state index contributed by atoms with van der Waals surface area (Å²) in [6.07, 6.45) is 0. The van der Waals surface area contributed by atoms with E-state index in [0.717, 1.165) is 4.31 Å². The largest absolute Gasteiger partial charge is 0.465 e. The van der Waals surface area contributed by atoms with Gasteiger partial charge in [0.25, 0.3) is 10.2 Å². The number of carbonyl (C=O) groups is 2. The van der Waals surface area contributed by atoms with Crippen molar-refractivity contribution in [1.29, 1.82) is 0 Å². The molecule has 1 N–H and O–H groups in total. The van der Waals surface area contributed by atoms with Gasteiger partial charge < -0.3 is 9.64 Å². The minimum atomic E-state index is -3.56. The van der Waals surface area contributed by atoms with Crippen LogP contribution < -0.4 is 9.62 Å². The lowest BCUT2D eigenvalue weighted by molar-refractivity contribution is -0.116. The van der Waals surface area contributed by atoms with Crippen molar-refractivity contribution in [3.05, 3.63) is 29.8 Å². The number of benzene rings is 1. The molecule has 0 aromatic heterocycles. The van der Waals surface area contributed by atoms with E-state index < -0.39 is 16.2 Å². The van der Waals surface area contributed by atoms with Gasteiger partial charge in [-0.1, -0.05) is 6.07 Å². The van der Waals surface area contributed by atoms with Gasteiger partial charge in [0.05, 0.1) is 12.7 Å². The van der Waals surface area contributed by atoms with Gasteiger partial charge in [0.1, 0.15) is 0 Å². The van der Waals surface area contributed by atoms with Crippen LogP contribution in [0.25, 0.3) is 0 Å². The number of amides is 1. The van der Waals surface area contributed by atoms with Gasteiger partial charge in [0.2, 0.25) is 5.91 Å². The number of nitrogens with zero attached hydrogens (tertiary/aromatic N) is 2. The molecule has 0 spiro atoms. The zero-order valence-electron chi connectivity index (χ0n) is 13.6. The molecule has 0 aliphatic rings. The minimum absolute atomic E-state index is 0.0442. The molecule has 1 rings (SSSR count). The van der Waals surface area contributed by atoms with E-state index in [9.17, 15) is 18.0 Å². The fourth-order valence-corrected chi connectivity index (χ4v) is 2.41. The maximum Gasteiger partial charge on any atom is 0.337 e. The van der Waals surface area contributed by atoms with Gasteiger partial charge in [-0.05, 0) is 18.2 Å². The molecule has 0 aliphatic carbocycles. The Morgan fingerprint density at radius 2 is 1.91 bits per heavy atom. The topological polar surface area (TPSA) is 96.0 Å². The standard InChI is InChI=1S/C14H21N3O5S/c1-11(18)17(9-8-15-23(20,21)16(2)3)13-7-5-6-12(10-13)14(19)22-4/h5-7,10,15H,8-9H2,1-4H3. The molecule has 8 nitrogen and oxygen atoms in total. The third-order valence-corrected chi connectivity index (χ3v) is 4.59. The van der Waals surface area contributed by atoms with Gasteiger partial charge in [-0.3, -0.25) is 4.79 Å². The maximum atomic E-state index is 11.8. The van der Waals surface area contributed by atoms with Gasteiger partial charge in [-0.2, -0.15) is 12.7 Å². The number of rotatable bonds is 7. The van der Waals surface area contributed by atoms with Crippen LogP contribution >= 0.6 is 0 Å². The maximum absolute atomic E-state index is 11.8. The zero-order valence-corrected chi connectivity index (χ0v) is 14.4. The molecule has 1 aromatic carbocycles. The molecule has 0 radical (unpaired) electrons. The molecular formula is C14H21N3O5S. The van der Waals surface area contributed by atoms with Crippen molar-refractivity contribution in [2.24, 2.45) is 0 Å². The van der Waals surface area contributed by atoms with Crippen LogP contribution in [0.15, 0.2) is 24.3 Å². The lowest BCUT2D eigenvalue weighted by atomic mass is 10.2. The monoisotopic (exact) mass is 343 g/mol. The summed E-state index contributed by atoms with van der Waals surface area (Å²) in [5.41, 5.74) is 0.801. The van der Waals surface area contributed by atoms with Gasteiger partial charge in [-0.25, -0.2) is 9.52 Å². The summed E-state index contributed by atoms with van der Waals surface area (Å²) in [5, 5.41) is 0. The highest BCUT2D eigenvalue weighted by molar-refractivity contribution is 7.87. The Morgan fingerprint density at radius 3 is 2.43 bits per heavy atom. The number of hydrogen-bond donors (Lipinski definition) is 1. The molecule has 9 heteroatoms. The van der Waals surface area contributed by atoms with Crippen molar-refractivity contribution >= 4 is 27.8 Å². The normalized spacial score (nSPS) is 11.3. The van der Waals surface area contributed by atoms with Crippen LogP contribution in [0.4, 0.5) is 5.69 Å². The van der Waals surface area contributed by atoms with Crippen molar-refractivity contribution in [2.75, 3.05) is 39.2 Å². The number of carbonyl (C=O) groups excluding carboxylic acids is 2. The summed E-state index contributed by atoms with van der Waals surface area (Å²) in [4.78, 5) is 24.7. The molecule has 0 fully saturated rings. The van der Waals surface area contributed by atoms with Crippen LogP contribution in [0.2, 0.25) is 0 Å². The van der Waals surface area contributed by atoms with Gasteiger partial charge in [0.15, 0.2) is 0 Å². The average Bonchev–Trinajstić information content (AvgIpc) is 2.50. The second-order valence-electron chi connectivity index (χ2n) is 4.89. The molecule has 1 aromatic rings. The summed E-state index contributed by atoms with van der Waals surface area (Å²) in [6, 6.07) is 6.38. The highest BCUT2D eigenvalue weighted by atomic mass is 32.2. The molecule has 128 valence electrons. The molecule has 0 saturated carbocycles. The predicted octanol–water partition coefficient (Wildman–Crippen LogP) is 0.222. The van der Waals surface area contributed by atoms with E-state index >= 15 is 0 Å². The zero-order chi connectivity index (χ0) is 17.6. The number of methoxy groups -OCH3 is 1. The third-order valence-electron chi connectivity index (χ3n) is 3.06. The molecule has 0 bridgehead atoms. The second-order valence-corrected chi connectivity index (χ2v) is 6.86. The Bertz CT molecular complexity index is 673. The summed E-state index contributed by atoms with van der Waals surface area (Å²) < 4.78 is 31.4. The first kappa shape index (κ1) is 19.1. The van der Waals surface area contributed by atoms with E-state index in [4.69, 9.17) is 0 Å². The van der Waals surface area contributed by atoms with Crippen LogP contribution in [-0.4, -0.2) is 58.9 Å². The lowest BCUT2D eigenvalue weighted by Gasteiger charge is -2.22. The number of anilines is 1. The quantitative estimate of drug-likeness (QED) is 0.715. The van der Waals surface area contributed by atoms with Crippen LogP contribution in [-0.2, 0) is 19.7 Å². The third kappa shape index (κ3) is 5.31. The Labute approximate surface area is 136 Å². The molecule has 0 aliphatic heterocycles. The Kier molecular flexibility index (Phi) is 6.67. The van der Waals surface area contributed by atoms with Crippen LogP contribution in [0, 0.1) is 0 Å². The highest BCUT2D eigenvalue weighted by Crippen LogP contribution is 2.17. The summed E-state index contributed by atoms with van der Waals surface area (Å²) in [6.45, 7) is 1.54. The van der Waals surface area contributed by atoms with E-state index in [1.54, 1.807) is 18.2 Å². The fourth-order valence-electron chi connectivity index (χ4n) is 1.80. The Hall–Kier alpha value is -1.97. The highest BCUT2D eigenvalue weighted by Gasteiger charge is 2.17. The van der Waals surface area contributed by atoms with Gasteiger partial charge >= 0.3 is 5.97 Å². The van der Waals surface area contributed by atoms with Gasteiger partial charge in [0, 0.05) is 39.8 Å². The minimum Gasteiger partial charge on any atom is -0.465 e. The van der Waals surface area contributed by atoms with E-state index in [0.29, 0.717) is 11.3 Å². The van der Waals surface area contributed by atoms with Crippen molar-refractivity contribution < 1.29 is 22.7 Å². The smallest absolute Gasteiger partial charge is 0.337 e. The van der Waals surface area contributed by atoms with E-state index in [1.807, 2.05) is 0 Å². The number of hydrogen-bond acceptors (Lipinski definition) is 5. The van der Waals surface area contributed by atoms with Crippen molar-refractivity contribution in [3.8, 4) is 0 Å². The first-order valence-electron chi connectivity index (χ1n) is 6.82. The van der Waals surface area contributed by atoms with Crippen molar-refractivity contribution in [2.45, 2.75) is 6.92 Å². The lowest BCUT2D eigenvalue weighted by Crippen LogP contribution is -2.41. The molecule has 0 saturated heterocycles. The number of nitrogens with one attached hydrogen (secondary N) is 1. The molecule has 0 atom stereocenters. The van der Waals surface area contributed by atoms with E-state index in [-0.39, 0.29) is 19.0 Å². The van der Waals surface area contributed by atoms with Crippen molar-refractivity contribution in [1.82, 2.24) is 9.03 Å². The molecule has 1 amide bonds. The fraction of sp³-hybridized carbons (Fsp3) is 0.429. The Morgan fingerprint density at radius 1 is 1.26 bits per heavy atom. The predicted molar refractivity (Wildman–Crippen MR) is 86.4 cm³/mol. The molecule has 23 heavy (non-hydrogen) atoms. The SMILES string of the molecule is COC(=O)c1cccc(N(CCNS(=O)(=O)N(C)C)C(C)=O)c1. The summed E-state index contributed by atoms with van der Waals surface area (Å²) in [7, 11) is 0.531. The van der Waals surface area contributed by atoms with Crippen molar-refractivity contribution in [3.63, 3.8) is 0 Å². The van der Waals surface area contributed by atoms with E-state index in [2.05, 4.69) is 9.46 Å². The second kappa shape index (κ2) is 8.04. The molecular weight excluding hydrogens is 322 g/mol. The first-order chi connectivity index (χ1) is 10.7. The van der Waals surface area contributed by atoms with Crippen LogP contribution in [0.1, 0.15) is 17.3 Å². The van der Waals surface area contributed by atoms with Crippen LogP contribution in [0.5, 0.6) is 0 Å². The molecule has 0 unspecified atom stereocenters. The average molecular weight is 343 g/mol. The Balaban J connectivity index is 2.88. The number of ether oxygens (including phenoxy) is 1. The van der Waals surface area contributed by atoms with Crippen LogP contribution in [0.3, 0.4) is 0 Å². The summed E-state index contributed by atoms with van der Waals surface area (Å²) in [5.74, 6) is -0.778. The summed E-state index contributed by atoms with van der Waals surface area (Å²) >= 11 is 0. The van der Waals surface area contributed by atoms with Gasteiger partial charge in [-0.15, -0.1) is 0 Å².